The second-order valence-electron chi connectivity index (χ2n) is 3.38. The molecule has 1 aromatic rings. The van der Waals surface area contributed by atoms with Gasteiger partial charge in [0.1, 0.15) is 0 Å². The number of nitrogens with zero attached hydrogens (tertiary/aromatic N) is 1. The van der Waals surface area contributed by atoms with Gasteiger partial charge in [0.25, 0.3) is 0 Å². The fraction of sp³-hybridized carbons (Fsp3) is 0.273. The van der Waals surface area contributed by atoms with Crippen LogP contribution in [0.15, 0.2) is 24.3 Å². The van der Waals surface area contributed by atoms with Crippen LogP contribution in [0, 0.1) is 0 Å². The quantitative estimate of drug-likeness (QED) is 0.782. The van der Waals surface area contributed by atoms with Gasteiger partial charge in [-0.25, -0.2) is 0 Å². The van der Waals surface area contributed by atoms with Crippen molar-refractivity contribution in [3.8, 4) is 0 Å². The van der Waals surface area contributed by atoms with Crippen LogP contribution >= 0.6 is 11.6 Å². The lowest BCUT2D eigenvalue weighted by atomic mass is 10.2. The summed E-state index contributed by atoms with van der Waals surface area (Å²) in [4.78, 5) is 23.0. The predicted octanol–water partition coefficient (Wildman–Crippen LogP) is 1.04. The number of carbonyl (C=O) groups is 2. The lowest BCUT2D eigenvalue weighted by Crippen LogP contribution is -2.34. The summed E-state index contributed by atoms with van der Waals surface area (Å²) < 4.78 is 0. The van der Waals surface area contributed by atoms with E-state index in [0.717, 1.165) is 5.56 Å². The molecular weight excluding hydrogens is 228 g/mol. The summed E-state index contributed by atoms with van der Waals surface area (Å²) in [7, 11) is 1.68. The average Bonchev–Trinajstić information content (AvgIpc) is 2.29. The maximum absolute atomic E-state index is 11.5. The molecule has 0 spiro atoms. The molecule has 0 saturated carbocycles. The number of carbonyl (C=O) groups excluding carboxylic acids is 2. The molecule has 0 saturated heterocycles. The summed E-state index contributed by atoms with van der Waals surface area (Å²) in [6, 6.07) is 7.27. The van der Waals surface area contributed by atoms with Crippen LogP contribution in [0.2, 0.25) is 5.02 Å². The second kappa shape index (κ2) is 6.12. The number of rotatable bonds is 5. The van der Waals surface area contributed by atoms with E-state index in [1.165, 1.54) is 0 Å². The minimum Gasteiger partial charge on any atom is -0.350 e. The van der Waals surface area contributed by atoms with Crippen LogP contribution in [0.25, 0.3) is 0 Å². The molecule has 0 aliphatic rings. The third-order valence-electron chi connectivity index (χ3n) is 2.10. The Balaban J connectivity index is 2.50. The number of hydrogen-bond acceptors (Lipinski definition) is 2. The Hall–Kier alpha value is -1.55. The predicted molar refractivity (Wildman–Crippen MR) is 62.0 cm³/mol. The number of nitrogens with one attached hydrogen (secondary N) is 1. The van der Waals surface area contributed by atoms with Gasteiger partial charge in [-0.2, -0.15) is 0 Å². The normalized spacial score (nSPS) is 9.62. The van der Waals surface area contributed by atoms with Gasteiger partial charge in [-0.1, -0.05) is 23.7 Å². The van der Waals surface area contributed by atoms with Crippen molar-refractivity contribution in [1.29, 1.82) is 0 Å². The summed E-state index contributed by atoms with van der Waals surface area (Å²) >= 11 is 5.75. The van der Waals surface area contributed by atoms with Gasteiger partial charge in [0.05, 0.1) is 6.54 Å². The molecule has 0 bridgehead atoms. The van der Waals surface area contributed by atoms with E-state index < -0.39 is 0 Å². The van der Waals surface area contributed by atoms with Crippen LogP contribution in [0.1, 0.15) is 5.56 Å². The Kier molecular flexibility index (Phi) is 4.79. The monoisotopic (exact) mass is 240 g/mol. The zero-order chi connectivity index (χ0) is 12.0. The van der Waals surface area contributed by atoms with E-state index in [9.17, 15) is 9.59 Å². The Bertz CT molecular complexity index is 365. The zero-order valence-electron chi connectivity index (χ0n) is 8.94. The number of halogens is 1. The van der Waals surface area contributed by atoms with Crippen molar-refractivity contribution in [2.75, 3.05) is 13.6 Å². The van der Waals surface area contributed by atoms with Crippen molar-refractivity contribution in [2.24, 2.45) is 0 Å². The summed E-state index contributed by atoms with van der Waals surface area (Å²) in [5, 5.41) is 3.00. The van der Waals surface area contributed by atoms with E-state index in [-0.39, 0.29) is 12.5 Å². The standard InChI is InChI=1S/C11H13ClN2O2/c1-14(11(16)6-13-8-15)7-9-2-4-10(12)5-3-9/h2-5,8H,6-7H2,1H3,(H,13,15). The van der Waals surface area contributed by atoms with Crippen molar-refractivity contribution in [3.63, 3.8) is 0 Å². The average molecular weight is 241 g/mol. The van der Waals surface area contributed by atoms with E-state index in [0.29, 0.717) is 18.0 Å². The first-order valence-corrected chi connectivity index (χ1v) is 5.16. The molecule has 0 aliphatic heterocycles. The van der Waals surface area contributed by atoms with Crippen LogP contribution in [-0.2, 0) is 16.1 Å². The van der Waals surface area contributed by atoms with Crippen molar-refractivity contribution in [1.82, 2.24) is 10.2 Å². The van der Waals surface area contributed by atoms with Gasteiger partial charge >= 0.3 is 0 Å². The Morgan fingerprint density at radius 2 is 2.06 bits per heavy atom. The number of benzene rings is 1. The van der Waals surface area contributed by atoms with Crippen LogP contribution in [0.4, 0.5) is 0 Å². The molecule has 0 aromatic heterocycles. The molecule has 0 atom stereocenters. The Labute approximate surface area is 99.2 Å². The molecule has 0 fully saturated rings. The van der Waals surface area contributed by atoms with Gasteiger partial charge in [-0.05, 0) is 17.7 Å². The minimum absolute atomic E-state index is 0.0214. The molecule has 1 aromatic carbocycles. The molecule has 5 heteroatoms. The Morgan fingerprint density at radius 3 is 2.62 bits per heavy atom. The third kappa shape index (κ3) is 3.90. The van der Waals surface area contributed by atoms with Crippen molar-refractivity contribution in [3.05, 3.63) is 34.9 Å². The third-order valence-corrected chi connectivity index (χ3v) is 2.35. The highest BCUT2D eigenvalue weighted by atomic mass is 35.5. The van der Waals surface area contributed by atoms with Gasteiger partial charge < -0.3 is 10.2 Å². The summed E-state index contributed by atoms with van der Waals surface area (Å²) in [5.74, 6) is -0.137. The summed E-state index contributed by atoms with van der Waals surface area (Å²) in [6.07, 6.45) is 0.508. The molecule has 0 aliphatic carbocycles. The van der Waals surface area contributed by atoms with Crippen LogP contribution in [0.5, 0.6) is 0 Å². The highest BCUT2D eigenvalue weighted by Gasteiger charge is 2.07. The molecule has 0 radical (unpaired) electrons. The van der Waals surface area contributed by atoms with Gasteiger partial charge in [-0.15, -0.1) is 0 Å². The van der Waals surface area contributed by atoms with Gasteiger partial charge in [-0.3, -0.25) is 9.59 Å². The second-order valence-corrected chi connectivity index (χ2v) is 3.81. The molecule has 1 N–H and O–H groups in total. The topological polar surface area (TPSA) is 49.4 Å². The molecule has 2 amide bonds. The van der Waals surface area contributed by atoms with Crippen molar-refractivity contribution < 1.29 is 9.59 Å². The first-order valence-electron chi connectivity index (χ1n) is 4.79. The number of hydrogen-bond donors (Lipinski definition) is 1. The van der Waals surface area contributed by atoms with E-state index in [1.807, 2.05) is 12.1 Å². The fourth-order valence-corrected chi connectivity index (χ4v) is 1.34. The van der Waals surface area contributed by atoms with Gasteiger partial charge in [0.15, 0.2) is 0 Å². The largest absolute Gasteiger partial charge is 0.350 e. The first kappa shape index (κ1) is 12.5. The van der Waals surface area contributed by atoms with Gasteiger partial charge in [0.2, 0.25) is 12.3 Å². The smallest absolute Gasteiger partial charge is 0.241 e. The fourth-order valence-electron chi connectivity index (χ4n) is 1.22. The Morgan fingerprint density at radius 1 is 1.44 bits per heavy atom. The minimum atomic E-state index is -0.137. The SMILES string of the molecule is CN(Cc1ccc(Cl)cc1)C(=O)CNC=O. The zero-order valence-corrected chi connectivity index (χ0v) is 9.70. The van der Waals surface area contributed by atoms with E-state index in [2.05, 4.69) is 5.32 Å². The lowest BCUT2D eigenvalue weighted by Gasteiger charge is -2.16. The van der Waals surface area contributed by atoms with E-state index >= 15 is 0 Å². The van der Waals surface area contributed by atoms with E-state index in [1.54, 1.807) is 24.1 Å². The summed E-state index contributed by atoms with van der Waals surface area (Å²) in [5.41, 5.74) is 0.992. The van der Waals surface area contributed by atoms with E-state index in [4.69, 9.17) is 11.6 Å². The molecule has 0 heterocycles. The maximum atomic E-state index is 11.5. The highest BCUT2D eigenvalue weighted by molar-refractivity contribution is 6.30. The molecular formula is C11H13ClN2O2. The van der Waals surface area contributed by atoms with Crippen molar-refractivity contribution in [2.45, 2.75) is 6.54 Å². The molecule has 4 nitrogen and oxygen atoms in total. The molecule has 16 heavy (non-hydrogen) atoms. The van der Waals surface area contributed by atoms with Crippen molar-refractivity contribution >= 4 is 23.9 Å². The lowest BCUT2D eigenvalue weighted by molar-refractivity contribution is -0.130. The van der Waals surface area contributed by atoms with Crippen LogP contribution < -0.4 is 5.32 Å². The highest BCUT2D eigenvalue weighted by Crippen LogP contribution is 2.10. The maximum Gasteiger partial charge on any atom is 0.241 e. The molecule has 1 rings (SSSR count). The molecule has 0 unspecified atom stereocenters. The first-order chi connectivity index (χ1) is 7.63. The summed E-state index contributed by atoms with van der Waals surface area (Å²) in [6.45, 7) is 0.518. The van der Waals surface area contributed by atoms with Gasteiger partial charge in [0, 0.05) is 18.6 Å². The number of amides is 2. The molecule has 86 valence electrons. The number of likely N-dealkylation sites (N-methyl/N-ethyl adjacent to an activating group) is 1. The van der Waals surface area contributed by atoms with Crippen LogP contribution in [-0.4, -0.2) is 30.8 Å². The van der Waals surface area contributed by atoms with Crippen LogP contribution in [0.3, 0.4) is 0 Å².